The molecule has 1 aromatic heterocycles. The van der Waals surface area contributed by atoms with Gasteiger partial charge in [-0.15, -0.1) is 0 Å². The van der Waals surface area contributed by atoms with E-state index in [2.05, 4.69) is 11.1 Å². The first-order valence-corrected chi connectivity index (χ1v) is 5.66. The fourth-order valence-electron chi connectivity index (χ4n) is 2.21. The minimum Gasteiger partial charge on any atom is -0.496 e. The molecule has 1 aliphatic carbocycles. The molecule has 3 nitrogen and oxygen atoms in total. The van der Waals surface area contributed by atoms with Crippen molar-refractivity contribution in [1.82, 2.24) is 4.98 Å². The predicted octanol–water partition coefficient (Wildman–Crippen LogP) is 2.94. The summed E-state index contributed by atoms with van der Waals surface area (Å²) in [7, 11) is 1.70. The molecule has 0 unspecified atom stereocenters. The highest BCUT2D eigenvalue weighted by Gasteiger charge is 2.26. The Balaban J connectivity index is 2.29. The molecule has 0 saturated heterocycles. The van der Waals surface area contributed by atoms with Crippen molar-refractivity contribution >= 4 is 16.6 Å². The number of nitrogens with two attached hydrogens (primary N) is 1. The lowest BCUT2D eigenvalue weighted by atomic mass is 10.1. The third-order valence-corrected chi connectivity index (χ3v) is 3.38. The predicted molar refractivity (Wildman–Crippen MR) is 66.0 cm³/mol. The number of anilines is 1. The van der Waals surface area contributed by atoms with E-state index < -0.39 is 0 Å². The second-order valence-electron chi connectivity index (χ2n) is 4.60. The van der Waals surface area contributed by atoms with E-state index in [0.717, 1.165) is 27.9 Å². The summed E-state index contributed by atoms with van der Waals surface area (Å²) in [6, 6.07) is 4.18. The highest BCUT2D eigenvalue weighted by molar-refractivity contribution is 5.96. The van der Waals surface area contributed by atoms with Gasteiger partial charge in [-0.1, -0.05) is 0 Å². The molecule has 0 atom stereocenters. The molecule has 1 aliphatic rings. The van der Waals surface area contributed by atoms with Gasteiger partial charge in [0.2, 0.25) is 0 Å². The zero-order valence-corrected chi connectivity index (χ0v) is 9.63. The molecule has 1 heterocycles. The van der Waals surface area contributed by atoms with Gasteiger partial charge in [0.05, 0.1) is 18.3 Å². The summed E-state index contributed by atoms with van der Waals surface area (Å²) < 4.78 is 5.40. The van der Waals surface area contributed by atoms with Crippen LogP contribution in [0.3, 0.4) is 0 Å². The van der Waals surface area contributed by atoms with Crippen LogP contribution in [0, 0.1) is 6.92 Å². The molecule has 3 heteroatoms. The van der Waals surface area contributed by atoms with Crippen LogP contribution in [-0.4, -0.2) is 12.1 Å². The van der Waals surface area contributed by atoms with Crippen LogP contribution in [0.2, 0.25) is 0 Å². The van der Waals surface area contributed by atoms with Gasteiger partial charge in [-0.2, -0.15) is 0 Å². The number of ether oxygens (including phenoxy) is 1. The van der Waals surface area contributed by atoms with E-state index in [0.29, 0.717) is 5.92 Å². The number of aromatic nitrogens is 1. The van der Waals surface area contributed by atoms with Crippen molar-refractivity contribution in [2.75, 3.05) is 12.8 Å². The van der Waals surface area contributed by atoms with E-state index in [1.807, 2.05) is 13.0 Å². The summed E-state index contributed by atoms with van der Waals surface area (Å²) in [5, 5.41) is 1.10. The molecule has 0 aliphatic heterocycles. The van der Waals surface area contributed by atoms with Crippen molar-refractivity contribution in [3.05, 3.63) is 23.4 Å². The van der Waals surface area contributed by atoms with E-state index in [1.165, 1.54) is 18.5 Å². The summed E-state index contributed by atoms with van der Waals surface area (Å²) in [5.74, 6) is 1.61. The maximum absolute atomic E-state index is 6.09. The van der Waals surface area contributed by atoms with E-state index in [1.54, 1.807) is 7.11 Å². The number of rotatable bonds is 2. The summed E-state index contributed by atoms with van der Waals surface area (Å²) in [6.45, 7) is 2.01. The summed E-state index contributed by atoms with van der Waals surface area (Å²) in [6.07, 6.45) is 2.57. The lowest BCUT2D eigenvalue weighted by Gasteiger charge is -2.06. The molecule has 16 heavy (non-hydrogen) atoms. The van der Waals surface area contributed by atoms with Crippen molar-refractivity contribution < 1.29 is 4.74 Å². The minimum absolute atomic E-state index is 0.705. The lowest BCUT2D eigenvalue weighted by molar-refractivity contribution is 0.419. The SMILES string of the molecule is COc1cc(C)c(N)c2[nH]c(C3CC3)cc12. The first kappa shape index (κ1) is 9.58. The number of hydrogen-bond acceptors (Lipinski definition) is 2. The van der Waals surface area contributed by atoms with Gasteiger partial charge in [0.25, 0.3) is 0 Å². The molecule has 3 N–H and O–H groups in total. The standard InChI is InChI=1S/C13H16N2O/c1-7-5-11(16-2)9-6-10(8-3-4-8)15-13(9)12(7)14/h5-6,8,15H,3-4,14H2,1-2H3. The highest BCUT2D eigenvalue weighted by atomic mass is 16.5. The number of nitrogens with one attached hydrogen (secondary N) is 1. The molecular formula is C13H16N2O. The van der Waals surface area contributed by atoms with Gasteiger partial charge >= 0.3 is 0 Å². The second-order valence-corrected chi connectivity index (χ2v) is 4.60. The Morgan fingerprint density at radius 3 is 2.75 bits per heavy atom. The van der Waals surface area contributed by atoms with Gasteiger partial charge in [0.15, 0.2) is 0 Å². The third kappa shape index (κ3) is 1.28. The van der Waals surface area contributed by atoms with Gasteiger partial charge in [-0.3, -0.25) is 0 Å². The van der Waals surface area contributed by atoms with Crippen LogP contribution in [0.1, 0.15) is 30.0 Å². The number of fused-ring (bicyclic) bond motifs is 1. The summed E-state index contributed by atoms with van der Waals surface area (Å²) in [4.78, 5) is 3.44. The first-order valence-electron chi connectivity index (χ1n) is 5.66. The van der Waals surface area contributed by atoms with E-state index in [4.69, 9.17) is 10.5 Å². The lowest BCUT2D eigenvalue weighted by Crippen LogP contribution is -1.93. The molecule has 0 amide bonds. The van der Waals surface area contributed by atoms with Crippen LogP contribution in [0.4, 0.5) is 5.69 Å². The van der Waals surface area contributed by atoms with E-state index in [-0.39, 0.29) is 0 Å². The Bertz CT molecular complexity index is 553. The molecule has 1 aromatic carbocycles. The Kier molecular flexibility index (Phi) is 1.90. The molecular weight excluding hydrogens is 200 g/mol. The largest absolute Gasteiger partial charge is 0.496 e. The number of nitrogen functional groups attached to an aromatic ring is 1. The zero-order chi connectivity index (χ0) is 11.3. The Labute approximate surface area is 94.6 Å². The van der Waals surface area contributed by atoms with Gasteiger partial charge in [-0.25, -0.2) is 0 Å². The Morgan fingerprint density at radius 2 is 2.12 bits per heavy atom. The van der Waals surface area contributed by atoms with Gasteiger partial charge in [-0.05, 0) is 43.4 Å². The van der Waals surface area contributed by atoms with Crippen molar-refractivity contribution in [1.29, 1.82) is 0 Å². The average Bonchev–Trinajstić information content (AvgIpc) is 3.03. The summed E-state index contributed by atoms with van der Waals surface area (Å²) >= 11 is 0. The van der Waals surface area contributed by atoms with Crippen LogP contribution in [0.5, 0.6) is 5.75 Å². The molecule has 1 fully saturated rings. The van der Waals surface area contributed by atoms with Crippen LogP contribution >= 0.6 is 0 Å². The topological polar surface area (TPSA) is 51.0 Å². The van der Waals surface area contributed by atoms with Gasteiger partial charge < -0.3 is 15.5 Å². The first-order chi connectivity index (χ1) is 7.70. The van der Waals surface area contributed by atoms with Crippen LogP contribution < -0.4 is 10.5 Å². The van der Waals surface area contributed by atoms with Crippen molar-refractivity contribution in [2.45, 2.75) is 25.7 Å². The van der Waals surface area contributed by atoms with Gasteiger partial charge in [0, 0.05) is 11.1 Å². The van der Waals surface area contributed by atoms with Crippen molar-refractivity contribution in [3.63, 3.8) is 0 Å². The number of methoxy groups -OCH3 is 1. The molecule has 84 valence electrons. The fourth-order valence-corrected chi connectivity index (χ4v) is 2.21. The fraction of sp³-hybridized carbons (Fsp3) is 0.385. The Hall–Kier alpha value is -1.64. The minimum atomic E-state index is 0.705. The maximum Gasteiger partial charge on any atom is 0.128 e. The third-order valence-electron chi connectivity index (χ3n) is 3.38. The molecule has 0 spiro atoms. The van der Waals surface area contributed by atoms with Crippen LogP contribution in [-0.2, 0) is 0 Å². The number of hydrogen-bond donors (Lipinski definition) is 2. The number of aryl methyl sites for hydroxylation is 1. The quantitative estimate of drug-likeness (QED) is 0.758. The maximum atomic E-state index is 6.09. The average molecular weight is 216 g/mol. The normalized spacial score (nSPS) is 15.6. The monoisotopic (exact) mass is 216 g/mol. The smallest absolute Gasteiger partial charge is 0.128 e. The molecule has 0 bridgehead atoms. The zero-order valence-electron chi connectivity index (χ0n) is 9.63. The van der Waals surface area contributed by atoms with E-state index >= 15 is 0 Å². The second kappa shape index (κ2) is 3.17. The van der Waals surface area contributed by atoms with Crippen LogP contribution in [0.25, 0.3) is 10.9 Å². The molecule has 2 aromatic rings. The van der Waals surface area contributed by atoms with Crippen molar-refractivity contribution in [3.8, 4) is 5.75 Å². The molecule has 0 radical (unpaired) electrons. The molecule has 3 rings (SSSR count). The summed E-state index contributed by atoms with van der Waals surface area (Å²) in [5.41, 5.74) is 10.3. The number of H-pyrrole nitrogens is 1. The van der Waals surface area contributed by atoms with Crippen molar-refractivity contribution in [2.24, 2.45) is 0 Å². The number of aromatic amines is 1. The van der Waals surface area contributed by atoms with E-state index in [9.17, 15) is 0 Å². The van der Waals surface area contributed by atoms with Crippen LogP contribution in [0.15, 0.2) is 12.1 Å². The number of benzene rings is 1. The molecule has 1 saturated carbocycles. The highest BCUT2D eigenvalue weighted by Crippen LogP contribution is 2.43. The Morgan fingerprint density at radius 1 is 1.38 bits per heavy atom. The van der Waals surface area contributed by atoms with Gasteiger partial charge in [0.1, 0.15) is 5.75 Å².